The van der Waals surface area contributed by atoms with Crippen LogP contribution in [0.4, 0.5) is 5.82 Å². The molecular weight excluding hydrogens is 444 g/mol. The molecule has 3 aromatic heterocycles. The van der Waals surface area contributed by atoms with Gasteiger partial charge in [0, 0.05) is 28.1 Å². The molecule has 6 rings (SSSR count). The third kappa shape index (κ3) is 3.88. The van der Waals surface area contributed by atoms with Gasteiger partial charge in [-0.1, -0.05) is 72.8 Å². The third-order valence-electron chi connectivity index (χ3n) is 6.44. The van der Waals surface area contributed by atoms with Gasteiger partial charge in [-0.3, -0.25) is 9.83 Å². The van der Waals surface area contributed by atoms with Crippen molar-refractivity contribution in [1.82, 2.24) is 19.6 Å². The lowest BCUT2D eigenvalue weighted by Gasteiger charge is -2.10. The summed E-state index contributed by atoms with van der Waals surface area (Å²) >= 11 is 0. The second-order valence-corrected chi connectivity index (χ2v) is 8.75. The molecule has 0 fully saturated rings. The largest absolute Gasteiger partial charge is 0.298 e. The fourth-order valence-corrected chi connectivity index (χ4v) is 4.39. The summed E-state index contributed by atoms with van der Waals surface area (Å²) < 4.78 is 2.03. The number of nitrogens with one attached hydrogen (secondary N) is 1. The number of rotatable bonds is 5. The van der Waals surface area contributed by atoms with Crippen LogP contribution in [0, 0.1) is 13.8 Å². The Bertz CT molecular complexity index is 1730. The number of imidazole rings is 1. The van der Waals surface area contributed by atoms with Crippen molar-refractivity contribution in [3.8, 4) is 22.5 Å². The van der Waals surface area contributed by atoms with Gasteiger partial charge in [-0.05, 0) is 43.2 Å². The Hall–Kier alpha value is -4.84. The zero-order valence-electron chi connectivity index (χ0n) is 20.1. The van der Waals surface area contributed by atoms with Gasteiger partial charge in [0.05, 0.1) is 17.6 Å². The number of benzene rings is 3. The van der Waals surface area contributed by atoms with Gasteiger partial charge in [-0.25, -0.2) is 4.98 Å². The molecule has 3 aromatic carbocycles. The minimum atomic E-state index is 0.601. The molecule has 0 saturated heterocycles. The van der Waals surface area contributed by atoms with Crippen LogP contribution in [-0.2, 0) is 0 Å². The average molecular weight is 469 g/mol. The maximum absolute atomic E-state index is 4.83. The minimum Gasteiger partial charge on any atom is -0.298 e. The Morgan fingerprint density at radius 1 is 0.722 bits per heavy atom. The first-order valence-corrected chi connectivity index (χ1v) is 11.8. The van der Waals surface area contributed by atoms with E-state index in [9.17, 15) is 0 Å². The van der Waals surface area contributed by atoms with Gasteiger partial charge in [0.2, 0.25) is 0 Å². The molecule has 0 bridgehead atoms. The fourth-order valence-electron chi connectivity index (χ4n) is 4.39. The Kier molecular flexibility index (Phi) is 5.46. The molecule has 36 heavy (non-hydrogen) atoms. The van der Waals surface area contributed by atoms with Crippen molar-refractivity contribution in [3.63, 3.8) is 0 Å². The lowest BCUT2D eigenvalue weighted by atomic mass is 10.0. The second kappa shape index (κ2) is 9.07. The first-order chi connectivity index (χ1) is 17.7. The Morgan fingerprint density at radius 2 is 1.50 bits per heavy atom. The van der Waals surface area contributed by atoms with E-state index in [4.69, 9.17) is 4.98 Å². The van der Waals surface area contributed by atoms with E-state index in [2.05, 4.69) is 71.0 Å². The van der Waals surface area contributed by atoms with Crippen molar-refractivity contribution >= 4 is 28.5 Å². The van der Waals surface area contributed by atoms with E-state index in [-0.39, 0.29) is 0 Å². The molecule has 0 aliphatic rings. The van der Waals surface area contributed by atoms with E-state index in [1.165, 1.54) is 11.1 Å². The molecule has 0 unspecified atom stereocenters. The molecule has 0 amide bonds. The Balaban J connectivity index is 1.39. The summed E-state index contributed by atoms with van der Waals surface area (Å²) in [6.07, 6.45) is 3.78. The summed E-state index contributed by atoms with van der Waals surface area (Å²) in [5.41, 5.74) is 11.2. The van der Waals surface area contributed by atoms with Crippen LogP contribution in [0.15, 0.2) is 102 Å². The zero-order valence-corrected chi connectivity index (χ0v) is 20.1. The summed E-state index contributed by atoms with van der Waals surface area (Å²) in [5, 5.41) is 15.6. The summed E-state index contributed by atoms with van der Waals surface area (Å²) in [6.45, 7) is 4.23. The first kappa shape index (κ1) is 21.7. The van der Waals surface area contributed by atoms with Gasteiger partial charge in [0.25, 0.3) is 0 Å². The minimum absolute atomic E-state index is 0.601. The van der Waals surface area contributed by atoms with Crippen LogP contribution in [0.3, 0.4) is 0 Å². The highest BCUT2D eigenvalue weighted by Gasteiger charge is 2.13. The quantitative estimate of drug-likeness (QED) is 0.226. The fraction of sp³-hybridized carbons (Fsp3) is 0.0667. The third-order valence-corrected chi connectivity index (χ3v) is 6.44. The van der Waals surface area contributed by atoms with Crippen molar-refractivity contribution in [2.24, 2.45) is 5.10 Å². The molecule has 6 nitrogen and oxygen atoms in total. The number of hydrogen-bond donors (Lipinski definition) is 1. The van der Waals surface area contributed by atoms with E-state index in [1.807, 2.05) is 65.2 Å². The van der Waals surface area contributed by atoms with E-state index in [1.54, 1.807) is 6.21 Å². The smallest absolute Gasteiger partial charge is 0.176 e. The molecule has 6 heteroatoms. The van der Waals surface area contributed by atoms with Crippen molar-refractivity contribution < 1.29 is 0 Å². The molecular formula is C30H24N6. The van der Waals surface area contributed by atoms with Gasteiger partial charge in [-0.2, -0.15) is 5.10 Å². The molecule has 1 N–H and O–H groups in total. The molecule has 0 atom stereocenters. The lowest BCUT2D eigenvalue weighted by molar-refractivity contribution is 1.04. The molecule has 0 aliphatic heterocycles. The van der Waals surface area contributed by atoms with Gasteiger partial charge in [-0.15, -0.1) is 10.2 Å². The van der Waals surface area contributed by atoms with Crippen LogP contribution in [0.1, 0.15) is 16.8 Å². The van der Waals surface area contributed by atoms with Gasteiger partial charge in [0.1, 0.15) is 11.3 Å². The predicted molar refractivity (Wildman–Crippen MR) is 146 cm³/mol. The van der Waals surface area contributed by atoms with Gasteiger partial charge in [0.15, 0.2) is 5.82 Å². The number of aryl methyl sites for hydroxylation is 2. The van der Waals surface area contributed by atoms with Gasteiger partial charge >= 0.3 is 0 Å². The average Bonchev–Trinajstić information content (AvgIpc) is 3.29. The topological polar surface area (TPSA) is 67.5 Å². The summed E-state index contributed by atoms with van der Waals surface area (Å²) in [4.78, 5) is 4.83. The number of hydrazone groups is 1. The second-order valence-electron chi connectivity index (χ2n) is 8.75. The van der Waals surface area contributed by atoms with Crippen LogP contribution in [0.2, 0.25) is 0 Å². The van der Waals surface area contributed by atoms with E-state index in [0.717, 1.165) is 44.6 Å². The number of anilines is 1. The van der Waals surface area contributed by atoms with E-state index in [0.29, 0.717) is 5.82 Å². The number of nitrogens with zero attached hydrogens (tertiary/aromatic N) is 5. The SMILES string of the molecule is Cc1ccc(-c2nnc(N/N=C/c3c(-c4ccccc4)nc4ccccn34)c3ccccc23)cc1C. The summed E-state index contributed by atoms with van der Waals surface area (Å²) in [5.74, 6) is 0.601. The van der Waals surface area contributed by atoms with Crippen LogP contribution >= 0.6 is 0 Å². The highest BCUT2D eigenvalue weighted by Crippen LogP contribution is 2.31. The van der Waals surface area contributed by atoms with E-state index >= 15 is 0 Å². The Morgan fingerprint density at radius 3 is 2.33 bits per heavy atom. The van der Waals surface area contributed by atoms with Crippen LogP contribution in [-0.4, -0.2) is 25.8 Å². The van der Waals surface area contributed by atoms with Crippen molar-refractivity contribution in [3.05, 3.63) is 114 Å². The first-order valence-electron chi connectivity index (χ1n) is 11.8. The lowest BCUT2D eigenvalue weighted by Crippen LogP contribution is -2.00. The molecule has 6 aromatic rings. The van der Waals surface area contributed by atoms with E-state index < -0.39 is 0 Å². The predicted octanol–water partition coefficient (Wildman–Crippen LogP) is 6.67. The highest BCUT2D eigenvalue weighted by atomic mass is 15.3. The number of hydrogen-bond acceptors (Lipinski definition) is 5. The van der Waals surface area contributed by atoms with Crippen LogP contribution in [0.25, 0.3) is 38.9 Å². The maximum atomic E-state index is 4.83. The van der Waals surface area contributed by atoms with Crippen LogP contribution < -0.4 is 5.43 Å². The summed E-state index contributed by atoms with van der Waals surface area (Å²) in [7, 11) is 0. The maximum Gasteiger partial charge on any atom is 0.176 e. The Labute approximate surface area is 209 Å². The normalized spacial score (nSPS) is 11.5. The molecule has 174 valence electrons. The highest BCUT2D eigenvalue weighted by molar-refractivity contribution is 6.00. The van der Waals surface area contributed by atoms with Gasteiger partial charge < -0.3 is 0 Å². The molecule has 0 spiro atoms. The number of pyridine rings is 1. The summed E-state index contributed by atoms with van der Waals surface area (Å²) in [6, 6.07) is 30.6. The van der Waals surface area contributed by atoms with Crippen molar-refractivity contribution in [1.29, 1.82) is 0 Å². The number of fused-ring (bicyclic) bond motifs is 2. The molecule has 0 aliphatic carbocycles. The van der Waals surface area contributed by atoms with Crippen molar-refractivity contribution in [2.45, 2.75) is 13.8 Å². The standard InChI is InChI=1S/C30H24N6/c1-20-15-16-23(18-21(20)2)28-24-12-6-7-13-25(24)30(35-33-28)34-31-19-26-29(22-10-4-3-5-11-22)32-27-14-8-9-17-36(26)27/h3-19H,1-2H3,(H,34,35)/b31-19+. The monoisotopic (exact) mass is 468 g/mol. The number of aromatic nitrogens is 4. The van der Waals surface area contributed by atoms with Crippen molar-refractivity contribution in [2.75, 3.05) is 5.43 Å². The van der Waals surface area contributed by atoms with Crippen LogP contribution in [0.5, 0.6) is 0 Å². The molecule has 0 radical (unpaired) electrons. The zero-order chi connectivity index (χ0) is 24.5. The molecule has 0 saturated carbocycles. The molecule has 3 heterocycles.